The molecule has 0 amide bonds. The molecule has 0 fully saturated rings. The van der Waals surface area contributed by atoms with Gasteiger partial charge in [-0.25, -0.2) is 0 Å². The highest BCUT2D eigenvalue weighted by Crippen LogP contribution is 2.41. The molecule has 3 nitrogen and oxygen atoms in total. The van der Waals surface area contributed by atoms with Crippen LogP contribution in [0.3, 0.4) is 0 Å². The Labute approximate surface area is 143 Å². The van der Waals surface area contributed by atoms with Gasteiger partial charge in [-0.2, -0.15) is 5.26 Å². The fourth-order valence-electron chi connectivity index (χ4n) is 3.29. The van der Waals surface area contributed by atoms with Crippen LogP contribution in [0.2, 0.25) is 0 Å². The second kappa shape index (κ2) is 8.88. The summed E-state index contributed by atoms with van der Waals surface area (Å²) < 4.78 is 4.77. The first-order valence-corrected chi connectivity index (χ1v) is 8.28. The van der Waals surface area contributed by atoms with Gasteiger partial charge in [-0.3, -0.25) is 4.79 Å². The number of methoxy groups -OCH3 is 1. The zero-order valence-electron chi connectivity index (χ0n) is 14.1. The molecule has 3 heteroatoms. The number of carbonyl (C=O) groups excluding carboxylic acids is 1. The minimum Gasteiger partial charge on any atom is -0.469 e. The van der Waals surface area contributed by atoms with Gasteiger partial charge in [-0.1, -0.05) is 60.7 Å². The van der Waals surface area contributed by atoms with Crippen LogP contribution < -0.4 is 0 Å². The van der Waals surface area contributed by atoms with E-state index in [0.29, 0.717) is 12.8 Å². The first-order valence-electron chi connectivity index (χ1n) is 8.28. The minimum atomic E-state index is -0.258. The summed E-state index contributed by atoms with van der Waals surface area (Å²) in [6.07, 6.45) is 3.13. The molecule has 0 radical (unpaired) electrons. The van der Waals surface area contributed by atoms with Gasteiger partial charge in [-0.05, 0) is 30.4 Å². The summed E-state index contributed by atoms with van der Waals surface area (Å²) in [6, 6.07) is 22.8. The predicted octanol–water partition coefficient (Wildman–Crippen LogP) is 4.62. The molecular weight excluding hydrogens is 298 g/mol. The van der Waals surface area contributed by atoms with E-state index in [1.54, 1.807) is 0 Å². The number of nitriles is 1. The highest BCUT2D eigenvalue weighted by molar-refractivity contribution is 5.69. The molecule has 0 bridgehead atoms. The number of carbonyl (C=O) groups is 1. The molecule has 0 aromatic heterocycles. The van der Waals surface area contributed by atoms with Gasteiger partial charge in [0, 0.05) is 18.3 Å². The third-order valence-electron chi connectivity index (χ3n) is 4.53. The molecule has 2 rings (SSSR count). The van der Waals surface area contributed by atoms with Crippen molar-refractivity contribution in [2.75, 3.05) is 7.11 Å². The van der Waals surface area contributed by atoms with Gasteiger partial charge in [-0.15, -0.1) is 0 Å². The topological polar surface area (TPSA) is 50.1 Å². The second-order valence-corrected chi connectivity index (χ2v) is 5.90. The van der Waals surface area contributed by atoms with Crippen molar-refractivity contribution >= 4 is 5.97 Å². The van der Waals surface area contributed by atoms with Crippen molar-refractivity contribution in [2.45, 2.75) is 37.5 Å². The Kier molecular flexibility index (Phi) is 6.57. The number of hydrogen-bond acceptors (Lipinski definition) is 3. The molecule has 2 aromatic carbocycles. The number of rotatable bonds is 8. The Hall–Kier alpha value is -2.60. The van der Waals surface area contributed by atoms with Crippen molar-refractivity contribution in [2.24, 2.45) is 0 Å². The Morgan fingerprint density at radius 1 is 1.00 bits per heavy atom. The van der Waals surface area contributed by atoms with E-state index in [1.165, 1.54) is 18.2 Å². The Balaban J connectivity index is 2.40. The molecule has 0 aliphatic heterocycles. The molecule has 0 atom stereocenters. The summed E-state index contributed by atoms with van der Waals surface area (Å²) in [5, 5.41) is 9.15. The number of nitrogens with zero attached hydrogens (tertiary/aromatic N) is 1. The highest BCUT2D eigenvalue weighted by Gasteiger charge is 2.33. The van der Waals surface area contributed by atoms with Crippen molar-refractivity contribution in [1.29, 1.82) is 5.26 Å². The van der Waals surface area contributed by atoms with E-state index < -0.39 is 0 Å². The lowest BCUT2D eigenvalue weighted by Crippen LogP contribution is -2.28. The summed E-state index contributed by atoms with van der Waals surface area (Å²) >= 11 is 0. The fraction of sp³-hybridized carbons (Fsp3) is 0.333. The fourth-order valence-corrected chi connectivity index (χ4v) is 3.29. The van der Waals surface area contributed by atoms with Gasteiger partial charge < -0.3 is 4.74 Å². The molecule has 0 saturated carbocycles. The number of benzene rings is 2. The van der Waals surface area contributed by atoms with E-state index in [4.69, 9.17) is 10.00 Å². The van der Waals surface area contributed by atoms with Crippen LogP contribution in [0.4, 0.5) is 0 Å². The molecule has 0 heterocycles. The standard InChI is InChI=1S/C21H23NO2/c1-24-20(23)14-8-15-21(16-9-17-22,18-10-4-2-5-11-18)19-12-6-3-7-13-19/h2-7,10-13H,8-9,14-16H2,1H3. The molecule has 0 unspecified atom stereocenters. The molecule has 0 aliphatic carbocycles. The van der Waals surface area contributed by atoms with Gasteiger partial charge in [0.05, 0.1) is 13.2 Å². The molecular formula is C21H23NO2. The normalized spacial score (nSPS) is 10.8. The molecule has 0 aliphatic rings. The van der Waals surface area contributed by atoms with Crippen molar-refractivity contribution in [3.8, 4) is 6.07 Å². The van der Waals surface area contributed by atoms with Crippen LogP contribution in [-0.4, -0.2) is 13.1 Å². The zero-order chi connectivity index (χ0) is 17.3. The first kappa shape index (κ1) is 17.7. The van der Waals surface area contributed by atoms with Crippen molar-refractivity contribution in [3.05, 3.63) is 71.8 Å². The monoisotopic (exact) mass is 321 g/mol. The summed E-state index contributed by atoms with van der Waals surface area (Å²) in [5.41, 5.74) is 2.12. The SMILES string of the molecule is COC(=O)CCCC(CCC#N)(c1ccccc1)c1ccccc1. The Morgan fingerprint density at radius 2 is 1.54 bits per heavy atom. The van der Waals surface area contributed by atoms with Gasteiger partial charge in [0.25, 0.3) is 0 Å². The lowest BCUT2D eigenvalue weighted by Gasteiger charge is -2.35. The van der Waals surface area contributed by atoms with E-state index in [0.717, 1.165) is 19.3 Å². The largest absolute Gasteiger partial charge is 0.469 e. The third-order valence-corrected chi connectivity index (χ3v) is 4.53. The van der Waals surface area contributed by atoms with E-state index in [-0.39, 0.29) is 11.4 Å². The molecule has 2 aromatic rings. The summed E-state index contributed by atoms with van der Waals surface area (Å²) in [4.78, 5) is 11.5. The third kappa shape index (κ3) is 4.23. The van der Waals surface area contributed by atoms with E-state index in [1.807, 2.05) is 36.4 Å². The van der Waals surface area contributed by atoms with Gasteiger partial charge in [0.15, 0.2) is 0 Å². The summed E-state index contributed by atoms with van der Waals surface area (Å²) in [5.74, 6) is -0.190. The average Bonchev–Trinajstić information content (AvgIpc) is 2.66. The van der Waals surface area contributed by atoms with Crippen molar-refractivity contribution in [1.82, 2.24) is 0 Å². The van der Waals surface area contributed by atoms with Crippen LogP contribution in [0.25, 0.3) is 0 Å². The second-order valence-electron chi connectivity index (χ2n) is 5.90. The average molecular weight is 321 g/mol. The van der Waals surface area contributed by atoms with Crippen LogP contribution >= 0.6 is 0 Å². The molecule has 0 N–H and O–H groups in total. The van der Waals surface area contributed by atoms with Crippen LogP contribution in [0.1, 0.15) is 43.2 Å². The van der Waals surface area contributed by atoms with E-state index in [2.05, 4.69) is 30.3 Å². The number of esters is 1. The molecule has 0 spiro atoms. The highest BCUT2D eigenvalue weighted by atomic mass is 16.5. The Bertz CT molecular complexity index is 634. The van der Waals surface area contributed by atoms with E-state index in [9.17, 15) is 4.79 Å². The maximum Gasteiger partial charge on any atom is 0.305 e. The van der Waals surface area contributed by atoms with Crippen LogP contribution in [0.5, 0.6) is 0 Å². The quantitative estimate of drug-likeness (QED) is 0.667. The van der Waals surface area contributed by atoms with Gasteiger partial charge >= 0.3 is 5.97 Å². The van der Waals surface area contributed by atoms with Crippen LogP contribution in [0, 0.1) is 11.3 Å². The van der Waals surface area contributed by atoms with Crippen molar-refractivity contribution < 1.29 is 9.53 Å². The number of hydrogen-bond donors (Lipinski definition) is 0. The minimum absolute atomic E-state index is 0.190. The van der Waals surface area contributed by atoms with Crippen LogP contribution in [-0.2, 0) is 14.9 Å². The van der Waals surface area contributed by atoms with Crippen LogP contribution in [0.15, 0.2) is 60.7 Å². The molecule has 0 saturated heterocycles. The maximum absolute atomic E-state index is 11.5. The summed E-state index contributed by atoms with van der Waals surface area (Å²) in [6.45, 7) is 0. The molecule has 24 heavy (non-hydrogen) atoms. The maximum atomic E-state index is 11.5. The lowest BCUT2D eigenvalue weighted by atomic mass is 9.68. The Morgan fingerprint density at radius 3 is 2.00 bits per heavy atom. The van der Waals surface area contributed by atoms with Gasteiger partial charge in [0.2, 0.25) is 0 Å². The lowest BCUT2D eigenvalue weighted by molar-refractivity contribution is -0.140. The smallest absolute Gasteiger partial charge is 0.305 e. The summed E-state index contributed by atoms with van der Waals surface area (Å²) in [7, 11) is 1.42. The zero-order valence-corrected chi connectivity index (χ0v) is 14.1. The first-order chi connectivity index (χ1) is 11.7. The predicted molar refractivity (Wildman–Crippen MR) is 94.4 cm³/mol. The van der Waals surface area contributed by atoms with Gasteiger partial charge in [0.1, 0.15) is 0 Å². The van der Waals surface area contributed by atoms with E-state index >= 15 is 0 Å². The van der Waals surface area contributed by atoms with Crippen molar-refractivity contribution in [3.63, 3.8) is 0 Å². The number of ether oxygens (including phenoxy) is 1. The molecule has 124 valence electrons.